The number of carboxylic acids is 1. The van der Waals surface area contributed by atoms with Crippen molar-refractivity contribution >= 4 is 41.4 Å². The molecule has 7 nitrogen and oxygen atoms in total. The van der Waals surface area contributed by atoms with E-state index in [4.69, 9.17) is 4.74 Å². The van der Waals surface area contributed by atoms with Crippen LogP contribution in [0.3, 0.4) is 0 Å². The smallest absolute Gasteiger partial charge is 0.326 e. The van der Waals surface area contributed by atoms with Crippen LogP contribution in [0.5, 0.6) is 0 Å². The largest absolute Gasteiger partial charge is 0.480 e. The number of esters is 1. The lowest BCUT2D eigenvalue weighted by atomic mass is 10.2. The summed E-state index contributed by atoms with van der Waals surface area (Å²) in [6, 6.07) is 8.04. The van der Waals surface area contributed by atoms with Crippen LogP contribution in [0.1, 0.15) is 26.7 Å². The molecule has 1 aromatic rings. The van der Waals surface area contributed by atoms with Crippen molar-refractivity contribution in [1.29, 1.82) is 0 Å². The Morgan fingerprint density at radius 2 is 2.00 bits per heavy atom. The number of thioether (sulfide) groups is 2. The van der Waals surface area contributed by atoms with Crippen molar-refractivity contribution in [3.05, 3.63) is 30.3 Å². The van der Waals surface area contributed by atoms with Gasteiger partial charge in [-0.2, -0.15) is 11.8 Å². The lowest BCUT2D eigenvalue weighted by Gasteiger charge is -2.27. The summed E-state index contributed by atoms with van der Waals surface area (Å²) in [6.07, 6.45) is 1.13. The number of hydrogen-bond donors (Lipinski definition) is 2. The van der Waals surface area contributed by atoms with E-state index in [2.05, 4.69) is 17.4 Å². The maximum atomic E-state index is 12.7. The number of ether oxygens (including phenoxy) is 1. The molecule has 30 heavy (non-hydrogen) atoms. The summed E-state index contributed by atoms with van der Waals surface area (Å²) in [5.41, 5.74) is 0. The first kappa shape index (κ1) is 24.6. The lowest BCUT2D eigenvalue weighted by Crippen LogP contribution is -2.54. The average molecular weight is 455 g/mol. The first-order valence-corrected chi connectivity index (χ1v) is 12.3. The normalized spacial score (nSPS) is 18.1. The molecule has 0 aromatic heterocycles. The molecule has 1 saturated heterocycles. The van der Waals surface area contributed by atoms with Gasteiger partial charge in [-0.25, -0.2) is 4.79 Å². The van der Waals surface area contributed by atoms with Gasteiger partial charge in [0, 0.05) is 28.7 Å². The Labute approximate surface area is 186 Å². The lowest BCUT2D eigenvalue weighted by molar-refractivity contribution is -0.150. The van der Waals surface area contributed by atoms with Gasteiger partial charge in [-0.15, -0.1) is 11.8 Å². The Hall–Kier alpha value is -1.71. The van der Waals surface area contributed by atoms with E-state index in [1.165, 1.54) is 9.80 Å². The van der Waals surface area contributed by atoms with E-state index in [-0.39, 0.29) is 12.5 Å². The molecule has 0 spiro atoms. The van der Waals surface area contributed by atoms with Gasteiger partial charge in [0.15, 0.2) is 0 Å². The zero-order valence-electron chi connectivity index (χ0n) is 17.4. The molecular weight excluding hydrogens is 424 g/mol. The molecular formula is C21H30N2O5S2. The molecule has 1 aromatic carbocycles. The van der Waals surface area contributed by atoms with E-state index in [9.17, 15) is 19.5 Å². The van der Waals surface area contributed by atoms with Crippen molar-refractivity contribution in [2.75, 3.05) is 30.4 Å². The summed E-state index contributed by atoms with van der Waals surface area (Å²) >= 11 is 3.38. The minimum atomic E-state index is -0.985. The number of rotatable bonds is 12. The van der Waals surface area contributed by atoms with Crippen LogP contribution in [0.15, 0.2) is 35.2 Å². The highest BCUT2D eigenvalue weighted by Crippen LogP contribution is 2.20. The van der Waals surface area contributed by atoms with Crippen molar-refractivity contribution in [2.45, 2.75) is 49.7 Å². The van der Waals surface area contributed by atoms with Crippen LogP contribution in [0.2, 0.25) is 0 Å². The number of carboxylic acid groups (broad SMARTS) is 1. The highest BCUT2D eigenvalue weighted by atomic mass is 32.2. The van der Waals surface area contributed by atoms with Crippen molar-refractivity contribution < 1.29 is 24.2 Å². The van der Waals surface area contributed by atoms with Crippen molar-refractivity contribution in [3.63, 3.8) is 0 Å². The monoisotopic (exact) mass is 454 g/mol. The van der Waals surface area contributed by atoms with Gasteiger partial charge in [0.2, 0.25) is 5.91 Å². The number of likely N-dealkylation sites (tertiary alicyclic amines) is 1. The number of hydrogen-bond acceptors (Lipinski definition) is 7. The number of carbonyl (C=O) groups excluding carboxylic acids is 2. The second-order valence-corrected chi connectivity index (χ2v) is 9.28. The Morgan fingerprint density at radius 1 is 1.27 bits per heavy atom. The van der Waals surface area contributed by atoms with Crippen LogP contribution >= 0.6 is 23.5 Å². The summed E-state index contributed by atoms with van der Waals surface area (Å²) in [5, 5.41) is 12.4. The van der Waals surface area contributed by atoms with Crippen molar-refractivity contribution in [3.8, 4) is 0 Å². The molecule has 0 bridgehead atoms. The van der Waals surface area contributed by atoms with Crippen LogP contribution in [-0.2, 0) is 19.1 Å². The SMILES string of the molecule is CCOC(=O)[C@H](CSCCSc1ccccc1)NC(C)C(=O)N1CCC[C@H]1C(=O)O. The molecule has 0 radical (unpaired) electrons. The van der Waals surface area contributed by atoms with Crippen LogP contribution in [0, 0.1) is 0 Å². The van der Waals surface area contributed by atoms with E-state index in [0.717, 1.165) is 11.5 Å². The third-order valence-electron chi connectivity index (χ3n) is 4.74. The Kier molecular flexibility index (Phi) is 10.5. The van der Waals surface area contributed by atoms with Crippen LogP contribution in [-0.4, -0.2) is 76.4 Å². The van der Waals surface area contributed by atoms with Gasteiger partial charge in [-0.3, -0.25) is 14.9 Å². The summed E-state index contributed by atoms with van der Waals surface area (Å²) in [6.45, 7) is 4.11. The Bertz CT molecular complexity index is 704. The van der Waals surface area contributed by atoms with Gasteiger partial charge < -0.3 is 14.7 Å². The third kappa shape index (κ3) is 7.52. The van der Waals surface area contributed by atoms with Crippen molar-refractivity contribution in [2.24, 2.45) is 0 Å². The number of nitrogens with zero attached hydrogens (tertiary/aromatic N) is 1. The first-order valence-electron chi connectivity index (χ1n) is 10.2. The fraction of sp³-hybridized carbons (Fsp3) is 0.571. The molecule has 0 saturated carbocycles. The Balaban J connectivity index is 1.85. The van der Waals surface area contributed by atoms with E-state index in [1.54, 1.807) is 37.4 Å². The second-order valence-electron chi connectivity index (χ2n) is 6.96. The fourth-order valence-electron chi connectivity index (χ4n) is 3.27. The second kappa shape index (κ2) is 12.9. The number of nitrogens with one attached hydrogen (secondary N) is 1. The minimum absolute atomic E-state index is 0.265. The topological polar surface area (TPSA) is 95.9 Å². The molecule has 1 heterocycles. The minimum Gasteiger partial charge on any atom is -0.480 e. The van der Waals surface area contributed by atoms with Crippen molar-refractivity contribution in [1.82, 2.24) is 10.2 Å². The van der Waals surface area contributed by atoms with Gasteiger partial charge in [0.05, 0.1) is 12.6 Å². The zero-order chi connectivity index (χ0) is 21.9. The maximum absolute atomic E-state index is 12.7. The van der Waals surface area contributed by atoms with Gasteiger partial charge in [0.25, 0.3) is 0 Å². The third-order valence-corrected chi connectivity index (χ3v) is 7.07. The molecule has 9 heteroatoms. The molecule has 1 fully saturated rings. The molecule has 166 valence electrons. The predicted octanol–water partition coefficient (Wildman–Crippen LogP) is 2.50. The van der Waals surface area contributed by atoms with Gasteiger partial charge in [0.1, 0.15) is 12.1 Å². The van der Waals surface area contributed by atoms with Gasteiger partial charge >= 0.3 is 11.9 Å². The summed E-state index contributed by atoms with van der Waals surface area (Å²) < 4.78 is 5.16. The molecule has 3 atom stereocenters. The standard InChI is InChI=1S/C21H30N2O5S2/c1-3-28-21(27)17(14-29-12-13-30-16-8-5-4-6-9-16)22-15(2)19(24)23-11-7-10-18(23)20(25)26/h4-6,8-9,15,17-18,22H,3,7,10-14H2,1-2H3,(H,25,26)/t15?,17-,18-/m0/s1. The van der Waals surface area contributed by atoms with Gasteiger partial charge in [-0.1, -0.05) is 18.2 Å². The quantitative estimate of drug-likeness (QED) is 0.283. The molecule has 1 aliphatic heterocycles. The van der Waals surface area contributed by atoms with E-state index in [0.29, 0.717) is 25.1 Å². The van der Waals surface area contributed by atoms with E-state index in [1.807, 2.05) is 18.2 Å². The van der Waals surface area contributed by atoms with E-state index >= 15 is 0 Å². The molecule has 2 rings (SSSR count). The number of amides is 1. The number of carbonyl (C=O) groups is 3. The van der Waals surface area contributed by atoms with E-state index < -0.39 is 30.1 Å². The zero-order valence-corrected chi connectivity index (χ0v) is 19.0. The average Bonchev–Trinajstić information content (AvgIpc) is 3.23. The Morgan fingerprint density at radius 3 is 2.67 bits per heavy atom. The molecule has 2 N–H and O–H groups in total. The highest BCUT2D eigenvalue weighted by Gasteiger charge is 2.37. The first-order chi connectivity index (χ1) is 14.4. The molecule has 1 amide bonds. The molecule has 1 aliphatic rings. The summed E-state index contributed by atoms with van der Waals surface area (Å²) in [4.78, 5) is 39.1. The van der Waals surface area contributed by atoms with Crippen LogP contribution < -0.4 is 5.32 Å². The number of benzene rings is 1. The molecule has 1 unspecified atom stereocenters. The van der Waals surface area contributed by atoms with Crippen LogP contribution in [0.25, 0.3) is 0 Å². The summed E-state index contributed by atoms with van der Waals surface area (Å²) in [5.74, 6) is 0.574. The maximum Gasteiger partial charge on any atom is 0.326 e. The fourth-order valence-corrected chi connectivity index (χ4v) is 5.30. The summed E-state index contributed by atoms with van der Waals surface area (Å²) in [7, 11) is 0. The highest BCUT2D eigenvalue weighted by molar-refractivity contribution is 8.03. The number of aliphatic carboxylic acids is 1. The predicted molar refractivity (Wildman–Crippen MR) is 120 cm³/mol. The van der Waals surface area contributed by atoms with Gasteiger partial charge in [-0.05, 0) is 38.8 Å². The molecule has 0 aliphatic carbocycles. The van der Waals surface area contributed by atoms with Crippen LogP contribution in [0.4, 0.5) is 0 Å².